The van der Waals surface area contributed by atoms with Gasteiger partial charge in [0.05, 0.1) is 4.90 Å². The van der Waals surface area contributed by atoms with E-state index in [-0.39, 0.29) is 0 Å². The van der Waals surface area contributed by atoms with Crippen LogP contribution in [-0.4, -0.2) is 20.7 Å². The van der Waals surface area contributed by atoms with Crippen LogP contribution in [0.3, 0.4) is 0 Å². The Morgan fingerprint density at radius 3 is 2.30 bits per heavy atom. The second-order valence-corrected chi connectivity index (χ2v) is 7.31. The van der Waals surface area contributed by atoms with Gasteiger partial charge in [-0.25, -0.2) is 13.1 Å². The monoisotopic (exact) mass is 307 g/mol. The maximum absolute atomic E-state index is 12.0. The quantitative estimate of drug-likeness (QED) is 0.659. The summed E-state index contributed by atoms with van der Waals surface area (Å²) in [4.78, 5) is 1.45. The van der Waals surface area contributed by atoms with Crippen molar-refractivity contribution in [2.45, 2.75) is 16.7 Å². The lowest BCUT2D eigenvalue weighted by Crippen LogP contribution is -2.26. The van der Waals surface area contributed by atoms with Gasteiger partial charge < -0.3 is 0 Å². The highest BCUT2D eigenvalue weighted by Crippen LogP contribution is 2.16. The number of rotatable bonds is 6. The second kappa shape index (κ2) is 6.92. The zero-order chi connectivity index (χ0) is 14.4. The molecule has 0 aliphatic heterocycles. The van der Waals surface area contributed by atoms with E-state index in [0.29, 0.717) is 17.2 Å². The fourth-order valence-electron chi connectivity index (χ4n) is 1.66. The SMILES string of the molecule is Cc1ccc(S(=O)(=O)NCCSc2ccccc2)cc1. The van der Waals surface area contributed by atoms with Gasteiger partial charge in [0.1, 0.15) is 0 Å². The smallest absolute Gasteiger partial charge is 0.210 e. The molecule has 2 rings (SSSR count). The minimum atomic E-state index is -3.39. The lowest BCUT2D eigenvalue weighted by molar-refractivity contribution is 0.584. The van der Waals surface area contributed by atoms with E-state index in [1.807, 2.05) is 37.3 Å². The van der Waals surface area contributed by atoms with E-state index < -0.39 is 10.0 Å². The van der Waals surface area contributed by atoms with Crippen molar-refractivity contribution >= 4 is 21.8 Å². The summed E-state index contributed by atoms with van der Waals surface area (Å²) in [6.45, 7) is 2.34. The number of benzene rings is 2. The number of nitrogens with one attached hydrogen (secondary N) is 1. The van der Waals surface area contributed by atoms with Gasteiger partial charge in [-0.1, -0.05) is 35.9 Å². The molecule has 0 radical (unpaired) electrons. The van der Waals surface area contributed by atoms with Gasteiger partial charge in [-0.2, -0.15) is 0 Å². The molecule has 0 bridgehead atoms. The summed E-state index contributed by atoms with van der Waals surface area (Å²) in [5.41, 5.74) is 1.04. The Balaban J connectivity index is 1.85. The van der Waals surface area contributed by atoms with E-state index in [4.69, 9.17) is 0 Å². The minimum absolute atomic E-state index is 0.313. The van der Waals surface area contributed by atoms with Crippen LogP contribution in [0.5, 0.6) is 0 Å². The standard InChI is InChI=1S/C15H17NO2S2/c1-13-7-9-15(10-8-13)20(17,18)16-11-12-19-14-5-3-2-4-6-14/h2-10,16H,11-12H2,1H3. The highest BCUT2D eigenvalue weighted by molar-refractivity contribution is 7.99. The molecule has 20 heavy (non-hydrogen) atoms. The fraction of sp³-hybridized carbons (Fsp3) is 0.200. The van der Waals surface area contributed by atoms with Gasteiger partial charge in [0.2, 0.25) is 10.0 Å². The van der Waals surface area contributed by atoms with Crippen LogP contribution in [0.15, 0.2) is 64.4 Å². The molecule has 2 aromatic carbocycles. The molecule has 0 aliphatic rings. The Labute approximate surface area is 124 Å². The highest BCUT2D eigenvalue weighted by atomic mass is 32.2. The summed E-state index contributed by atoms with van der Waals surface area (Å²) in [6.07, 6.45) is 0. The van der Waals surface area contributed by atoms with Crippen molar-refractivity contribution in [2.24, 2.45) is 0 Å². The predicted octanol–water partition coefficient (Wildman–Crippen LogP) is 3.07. The second-order valence-electron chi connectivity index (χ2n) is 4.37. The van der Waals surface area contributed by atoms with Gasteiger partial charge in [-0.15, -0.1) is 11.8 Å². The molecule has 2 aromatic rings. The topological polar surface area (TPSA) is 46.2 Å². The molecule has 0 saturated carbocycles. The summed E-state index contributed by atoms with van der Waals surface area (Å²) < 4.78 is 26.7. The lowest BCUT2D eigenvalue weighted by atomic mass is 10.2. The number of hydrogen-bond acceptors (Lipinski definition) is 3. The normalized spacial score (nSPS) is 11.4. The molecule has 0 aliphatic carbocycles. The summed E-state index contributed by atoms with van der Waals surface area (Å²) in [5, 5.41) is 0. The van der Waals surface area contributed by atoms with Crippen LogP contribution < -0.4 is 4.72 Å². The molecular weight excluding hydrogens is 290 g/mol. The number of thioether (sulfide) groups is 1. The van der Waals surface area contributed by atoms with Gasteiger partial charge in [0.15, 0.2) is 0 Å². The van der Waals surface area contributed by atoms with Crippen molar-refractivity contribution < 1.29 is 8.42 Å². The van der Waals surface area contributed by atoms with Crippen LogP contribution in [0.2, 0.25) is 0 Å². The van der Waals surface area contributed by atoms with Crippen molar-refractivity contribution in [3.8, 4) is 0 Å². The molecule has 0 spiro atoms. The average Bonchev–Trinajstić information content (AvgIpc) is 2.45. The van der Waals surface area contributed by atoms with E-state index in [2.05, 4.69) is 4.72 Å². The fourth-order valence-corrected chi connectivity index (χ4v) is 3.61. The third-order valence-corrected chi connectivity index (χ3v) is 5.23. The van der Waals surface area contributed by atoms with E-state index in [1.54, 1.807) is 36.0 Å². The van der Waals surface area contributed by atoms with Gasteiger partial charge in [-0.05, 0) is 31.2 Å². The zero-order valence-corrected chi connectivity index (χ0v) is 12.9. The maximum atomic E-state index is 12.0. The third-order valence-electron chi connectivity index (χ3n) is 2.74. The first-order valence-electron chi connectivity index (χ1n) is 6.32. The molecule has 106 valence electrons. The van der Waals surface area contributed by atoms with Crippen LogP contribution >= 0.6 is 11.8 Å². The Morgan fingerprint density at radius 1 is 1.00 bits per heavy atom. The van der Waals surface area contributed by atoms with Crippen LogP contribution in [0, 0.1) is 6.92 Å². The molecule has 0 aromatic heterocycles. The summed E-state index contributed by atoms with van der Waals surface area (Å²) in [7, 11) is -3.39. The Morgan fingerprint density at radius 2 is 1.65 bits per heavy atom. The molecule has 1 N–H and O–H groups in total. The van der Waals surface area contributed by atoms with Gasteiger partial charge in [-0.3, -0.25) is 0 Å². The van der Waals surface area contributed by atoms with Crippen LogP contribution in [0.4, 0.5) is 0 Å². The molecule has 5 heteroatoms. The predicted molar refractivity (Wildman–Crippen MR) is 83.5 cm³/mol. The summed E-state index contributed by atoms with van der Waals surface area (Å²) in [6, 6.07) is 16.8. The van der Waals surface area contributed by atoms with Crippen LogP contribution in [0.25, 0.3) is 0 Å². The molecule has 0 amide bonds. The van der Waals surface area contributed by atoms with Gasteiger partial charge >= 0.3 is 0 Å². The average molecular weight is 307 g/mol. The highest BCUT2D eigenvalue weighted by Gasteiger charge is 2.12. The van der Waals surface area contributed by atoms with Gasteiger partial charge in [0.25, 0.3) is 0 Å². The first-order valence-corrected chi connectivity index (χ1v) is 8.79. The van der Waals surface area contributed by atoms with E-state index in [9.17, 15) is 8.42 Å². The Bertz CT molecular complexity index is 637. The molecule has 3 nitrogen and oxygen atoms in total. The molecule has 0 saturated heterocycles. The largest absolute Gasteiger partial charge is 0.240 e. The number of aryl methyl sites for hydroxylation is 1. The number of hydrogen-bond donors (Lipinski definition) is 1. The molecular formula is C15H17NO2S2. The molecule has 0 fully saturated rings. The number of sulfonamides is 1. The van der Waals surface area contributed by atoms with Crippen LogP contribution in [-0.2, 0) is 10.0 Å². The van der Waals surface area contributed by atoms with Gasteiger partial charge in [0, 0.05) is 17.2 Å². The summed E-state index contributed by atoms with van der Waals surface area (Å²) in [5.74, 6) is 0.703. The van der Waals surface area contributed by atoms with Crippen molar-refractivity contribution in [3.05, 3.63) is 60.2 Å². The molecule has 0 unspecified atom stereocenters. The lowest BCUT2D eigenvalue weighted by Gasteiger charge is -2.07. The summed E-state index contributed by atoms with van der Waals surface area (Å²) >= 11 is 1.63. The maximum Gasteiger partial charge on any atom is 0.240 e. The van der Waals surface area contributed by atoms with E-state index in [1.165, 1.54) is 0 Å². The van der Waals surface area contributed by atoms with E-state index in [0.717, 1.165) is 10.5 Å². The van der Waals surface area contributed by atoms with Crippen molar-refractivity contribution in [1.82, 2.24) is 4.72 Å². The molecule has 0 atom stereocenters. The Hall–Kier alpha value is -1.30. The molecule has 0 heterocycles. The van der Waals surface area contributed by atoms with Crippen LogP contribution in [0.1, 0.15) is 5.56 Å². The van der Waals surface area contributed by atoms with Crippen molar-refractivity contribution in [2.75, 3.05) is 12.3 Å². The first kappa shape index (κ1) is 15.1. The minimum Gasteiger partial charge on any atom is -0.210 e. The van der Waals surface area contributed by atoms with E-state index >= 15 is 0 Å². The van der Waals surface area contributed by atoms with Crippen molar-refractivity contribution in [3.63, 3.8) is 0 Å². The first-order chi connectivity index (χ1) is 9.58. The van der Waals surface area contributed by atoms with Crippen molar-refractivity contribution in [1.29, 1.82) is 0 Å². The zero-order valence-electron chi connectivity index (χ0n) is 11.2. The third kappa shape index (κ3) is 4.37. The Kier molecular flexibility index (Phi) is 5.23.